The zero-order chi connectivity index (χ0) is 17.1. The Balaban J connectivity index is 1.66. The molecule has 1 fully saturated rings. The number of nitrogens with one attached hydrogen (secondary N) is 1. The number of ether oxygens (including phenoxy) is 1. The number of esters is 1. The van der Waals surface area contributed by atoms with E-state index in [2.05, 4.69) is 46.8 Å². The minimum absolute atomic E-state index is 0.322. The van der Waals surface area contributed by atoms with Gasteiger partial charge in [0.1, 0.15) is 19.3 Å². The maximum absolute atomic E-state index is 11.5. The lowest BCUT2D eigenvalue weighted by Gasteiger charge is -2.33. The average Bonchev–Trinajstić information content (AvgIpc) is 2.63. The van der Waals surface area contributed by atoms with Crippen LogP contribution in [0.5, 0.6) is 0 Å². The summed E-state index contributed by atoms with van der Waals surface area (Å²) in [7, 11) is 1.39. The SMILES string of the molecule is COC(=O)c1ccc(N2CCN(c3cc(C)ccc3C)CC2)[nH+]c1. The number of methoxy groups -OCH3 is 1. The minimum Gasteiger partial charge on any atom is -0.465 e. The molecule has 1 aromatic carbocycles. The van der Waals surface area contributed by atoms with Crippen molar-refractivity contribution in [3.8, 4) is 0 Å². The lowest BCUT2D eigenvalue weighted by molar-refractivity contribution is -0.364. The van der Waals surface area contributed by atoms with Crippen LogP contribution in [-0.2, 0) is 4.74 Å². The number of hydrogen-bond acceptors (Lipinski definition) is 4. The number of carbonyl (C=O) groups excluding carboxylic acids is 1. The van der Waals surface area contributed by atoms with Gasteiger partial charge in [-0.3, -0.25) is 4.90 Å². The summed E-state index contributed by atoms with van der Waals surface area (Å²) in [6, 6.07) is 10.4. The number of anilines is 2. The fourth-order valence-electron chi connectivity index (χ4n) is 3.11. The Bertz CT molecular complexity index is 720. The van der Waals surface area contributed by atoms with Gasteiger partial charge in [0, 0.05) is 11.8 Å². The molecule has 2 heterocycles. The van der Waals surface area contributed by atoms with Crippen molar-refractivity contribution in [2.45, 2.75) is 13.8 Å². The van der Waals surface area contributed by atoms with Crippen LogP contribution in [0.15, 0.2) is 36.5 Å². The highest BCUT2D eigenvalue weighted by Crippen LogP contribution is 2.23. The predicted octanol–water partition coefficient (Wildman–Crippen LogP) is 2.23. The van der Waals surface area contributed by atoms with E-state index < -0.39 is 0 Å². The van der Waals surface area contributed by atoms with Gasteiger partial charge in [0.05, 0.1) is 25.8 Å². The van der Waals surface area contributed by atoms with Crippen LogP contribution in [0.2, 0.25) is 0 Å². The first-order chi connectivity index (χ1) is 11.6. The van der Waals surface area contributed by atoms with Crippen LogP contribution in [0.1, 0.15) is 21.5 Å². The molecule has 0 atom stereocenters. The second-order valence-electron chi connectivity index (χ2n) is 6.22. The number of aromatic amines is 1. The highest BCUT2D eigenvalue weighted by atomic mass is 16.5. The standard InChI is InChI=1S/C19H23N3O2/c1-14-4-5-15(2)17(12-14)21-8-10-22(11-9-21)18-7-6-16(13-20-18)19(23)24-3/h4-7,12-13H,8-11H2,1-3H3/p+1. The monoisotopic (exact) mass is 326 g/mol. The van der Waals surface area contributed by atoms with Crippen LogP contribution in [0.4, 0.5) is 11.5 Å². The van der Waals surface area contributed by atoms with Crippen LogP contribution in [0.25, 0.3) is 0 Å². The third-order valence-corrected chi connectivity index (χ3v) is 4.54. The van der Waals surface area contributed by atoms with Gasteiger partial charge in [0.25, 0.3) is 5.82 Å². The molecule has 2 aromatic rings. The third kappa shape index (κ3) is 3.35. The van der Waals surface area contributed by atoms with Gasteiger partial charge in [-0.05, 0) is 37.1 Å². The second kappa shape index (κ2) is 6.91. The third-order valence-electron chi connectivity index (χ3n) is 4.54. The number of aryl methyl sites for hydroxylation is 2. The molecule has 1 N–H and O–H groups in total. The van der Waals surface area contributed by atoms with E-state index in [0.29, 0.717) is 5.56 Å². The van der Waals surface area contributed by atoms with Gasteiger partial charge in [-0.25, -0.2) is 9.78 Å². The van der Waals surface area contributed by atoms with Crippen LogP contribution in [-0.4, -0.2) is 39.3 Å². The molecule has 0 bridgehead atoms. The molecule has 0 aliphatic carbocycles. The normalized spacial score (nSPS) is 14.6. The Morgan fingerprint density at radius 1 is 1.04 bits per heavy atom. The summed E-state index contributed by atoms with van der Waals surface area (Å²) in [5.74, 6) is 0.709. The largest absolute Gasteiger partial charge is 0.465 e. The first-order valence-electron chi connectivity index (χ1n) is 8.25. The first-order valence-corrected chi connectivity index (χ1v) is 8.25. The van der Waals surface area contributed by atoms with Gasteiger partial charge in [-0.2, -0.15) is 0 Å². The molecule has 1 aliphatic rings. The molecule has 126 valence electrons. The number of aromatic nitrogens is 1. The summed E-state index contributed by atoms with van der Waals surface area (Å²) in [4.78, 5) is 19.5. The highest BCUT2D eigenvalue weighted by Gasteiger charge is 2.24. The van der Waals surface area contributed by atoms with Gasteiger partial charge < -0.3 is 9.64 Å². The maximum atomic E-state index is 11.5. The Kier molecular flexibility index (Phi) is 4.69. The molecule has 1 aromatic heterocycles. The fraction of sp³-hybridized carbons (Fsp3) is 0.368. The van der Waals surface area contributed by atoms with E-state index in [-0.39, 0.29) is 5.97 Å². The van der Waals surface area contributed by atoms with E-state index in [1.54, 1.807) is 12.3 Å². The lowest BCUT2D eigenvalue weighted by Crippen LogP contribution is -2.48. The van der Waals surface area contributed by atoms with Gasteiger partial charge >= 0.3 is 5.97 Å². The molecule has 1 saturated heterocycles. The van der Waals surface area contributed by atoms with Crippen molar-refractivity contribution in [3.05, 3.63) is 53.2 Å². The minimum atomic E-state index is -0.322. The van der Waals surface area contributed by atoms with Crippen molar-refractivity contribution in [2.24, 2.45) is 0 Å². The number of nitrogens with zero attached hydrogens (tertiary/aromatic N) is 2. The van der Waals surface area contributed by atoms with Crippen molar-refractivity contribution >= 4 is 17.5 Å². The summed E-state index contributed by atoms with van der Waals surface area (Å²) >= 11 is 0. The summed E-state index contributed by atoms with van der Waals surface area (Å²) in [5, 5.41) is 0. The molecular weight excluding hydrogens is 302 g/mol. The van der Waals surface area contributed by atoms with Crippen molar-refractivity contribution in [1.82, 2.24) is 0 Å². The lowest BCUT2D eigenvalue weighted by atomic mass is 10.1. The molecule has 0 unspecified atom stereocenters. The molecular formula is C19H24N3O2+. The van der Waals surface area contributed by atoms with E-state index in [4.69, 9.17) is 4.74 Å². The molecule has 24 heavy (non-hydrogen) atoms. The van der Waals surface area contributed by atoms with Crippen LogP contribution in [0, 0.1) is 13.8 Å². The predicted molar refractivity (Wildman–Crippen MR) is 94.7 cm³/mol. The first kappa shape index (κ1) is 16.3. The molecule has 0 amide bonds. The van der Waals surface area contributed by atoms with Crippen molar-refractivity contribution in [3.63, 3.8) is 0 Å². The van der Waals surface area contributed by atoms with E-state index in [0.717, 1.165) is 32.0 Å². The van der Waals surface area contributed by atoms with E-state index in [1.807, 2.05) is 6.07 Å². The van der Waals surface area contributed by atoms with Gasteiger partial charge in [-0.15, -0.1) is 0 Å². The number of pyridine rings is 1. The molecule has 0 saturated carbocycles. The highest BCUT2D eigenvalue weighted by molar-refractivity contribution is 5.88. The smallest absolute Gasteiger partial charge is 0.341 e. The Morgan fingerprint density at radius 3 is 2.38 bits per heavy atom. The molecule has 5 nitrogen and oxygen atoms in total. The summed E-state index contributed by atoms with van der Waals surface area (Å²) < 4.78 is 4.73. The van der Waals surface area contributed by atoms with Crippen LogP contribution >= 0.6 is 0 Å². The summed E-state index contributed by atoms with van der Waals surface area (Å²) in [6.45, 7) is 8.16. The molecule has 3 rings (SSSR count). The summed E-state index contributed by atoms with van der Waals surface area (Å²) in [5.41, 5.74) is 4.49. The Morgan fingerprint density at radius 2 is 1.75 bits per heavy atom. The molecule has 1 aliphatic heterocycles. The van der Waals surface area contributed by atoms with Crippen molar-refractivity contribution < 1.29 is 14.5 Å². The quantitative estimate of drug-likeness (QED) is 0.812. The van der Waals surface area contributed by atoms with Gasteiger partial charge in [0.15, 0.2) is 0 Å². The Labute approximate surface area is 142 Å². The van der Waals surface area contributed by atoms with Gasteiger partial charge in [-0.1, -0.05) is 12.1 Å². The topological polar surface area (TPSA) is 46.9 Å². The fourth-order valence-corrected chi connectivity index (χ4v) is 3.11. The van der Waals surface area contributed by atoms with Gasteiger partial charge in [0.2, 0.25) is 0 Å². The zero-order valence-corrected chi connectivity index (χ0v) is 14.5. The number of piperazine rings is 1. The van der Waals surface area contributed by atoms with E-state index in [9.17, 15) is 4.79 Å². The zero-order valence-electron chi connectivity index (χ0n) is 14.5. The van der Waals surface area contributed by atoms with E-state index in [1.165, 1.54) is 23.9 Å². The number of hydrogen-bond donors (Lipinski definition) is 0. The molecule has 5 heteroatoms. The van der Waals surface area contributed by atoms with Crippen LogP contribution in [0.3, 0.4) is 0 Å². The van der Waals surface area contributed by atoms with E-state index >= 15 is 0 Å². The molecule has 0 spiro atoms. The second-order valence-corrected chi connectivity index (χ2v) is 6.22. The Hall–Kier alpha value is -2.56. The number of carbonyl (C=O) groups is 1. The van der Waals surface area contributed by atoms with Crippen LogP contribution < -0.4 is 14.8 Å². The summed E-state index contributed by atoms with van der Waals surface area (Å²) in [6.07, 6.45) is 1.71. The van der Waals surface area contributed by atoms with Crippen molar-refractivity contribution in [2.75, 3.05) is 43.1 Å². The number of H-pyrrole nitrogens is 1. The maximum Gasteiger partial charge on any atom is 0.341 e. The molecule has 0 radical (unpaired) electrons. The average molecular weight is 326 g/mol. The van der Waals surface area contributed by atoms with Crippen molar-refractivity contribution in [1.29, 1.82) is 0 Å². The number of rotatable bonds is 3. The number of benzene rings is 1.